The van der Waals surface area contributed by atoms with E-state index in [0.29, 0.717) is 5.56 Å². The number of hydrogen-bond donors (Lipinski definition) is 2. The Morgan fingerprint density at radius 1 is 1.43 bits per heavy atom. The van der Waals surface area contributed by atoms with Crippen LogP contribution < -0.4 is 0 Å². The van der Waals surface area contributed by atoms with Crippen molar-refractivity contribution in [3.05, 3.63) is 41.0 Å². The van der Waals surface area contributed by atoms with Crippen LogP contribution in [0, 0.1) is 6.92 Å². The average Bonchev–Trinajstić information content (AvgIpc) is 3.22. The molecular formula is C15H14O6. The van der Waals surface area contributed by atoms with Crippen LogP contribution in [0.15, 0.2) is 29.8 Å². The normalized spacial score (nSPS) is 26.9. The highest BCUT2D eigenvalue weighted by Crippen LogP contribution is 2.36. The lowest BCUT2D eigenvalue weighted by atomic mass is 9.96. The van der Waals surface area contributed by atoms with Gasteiger partial charge in [-0.2, -0.15) is 0 Å². The summed E-state index contributed by atoms with van der Waals surface area (Å²) < 4.78 is 10.5. The van der Waals surface area contributed by atoms with E-state index in [1.807, 2.05) is 0 Å². The van der Waals surface area contributed by atoms with Crippen LogP contribution in [0.25, 0.3) is 0 Å². The molecule has 3 unspecified atom stereocenters. The number of ketones is 1. The SMILES string of the molecule is Cc1cccc(O)c1C(=O)OC1C=C(CO)C(=O)C2OC12. The predicted octanol–water partition coefficient (Wildman–Crippen LogP) is 0.495. The summed E-state index contributed by atoms with van der Waals surface area (Å²) in [5.74, 6) is -1.12. The molecule has 2 N–H and O–H groups in total. The van der Waals surface area contributed by atoms with E-state index < -0.39 is 30.9 Å². The number of carbonyl (C=O) groups is 2. The molecule has 2 aliphatic rings. The number of rotatable bonds is 3. The van der Waals surface area contributed by atoms with Crippen LogP contribution in [-0.4, -0.2) is 46.9 Å². The van der Waals surface area contributed by atoms with Crippen LogP contribution in [-0.2, 0) is 14.3 Å². The van der Waals surface area contributed by atoms with Gasteiger partial charge in [-0.25, -0.2) is 4.79 Å². The van der Waals surface area contributed by atoms with Gasteiger partial charge in [-0.15, -0.1) is 0 Å². The van der Waals surface area contributed by atoms with E-state index in [1.54, 1.807) is 19.1 Å². The number of Topliss-reactive ketones (excluding diaryl/α,β-unsaturated/α-hetero) is 1. The minimum atomic E-state index is -0.735. The van der Waals surface area contributed by atoms with Crippen molar-refractivity contribution in [2.24, 2.45) is 0 Å². The van der Waals surface area contributed by atoms with Crippen molar-refractivity contribution >= 4 is 11.8 Å². The fourth-order valence-electron chi connectivity index (χ4n) is 2.47. The van der Waals surface area contributed by atoms with Crippen LogP contribution in [0.1, 0.15) is 15.9 Å². The van der Waals surface area contributed by atoms with Gasteiger partial charge in [0, 0.05) is 5.57 Å². The summed E-state index contributed by atoms with van der Waals surface area (Å²) in [6.45, 7) is 1.27. The first-order chi connectivity index (χ1) is 10.0. The summed E-state index contributed by atoms with van der Waals surface area (Å²) in [7, 11) is 0. The zero-order chi connectivity index (χ0) is 15.1. The monoisotopic (exact) mass is 290 g/mol. The van der Waals surface area contributed by atoms with E-state index in [9.17, 15) is 14.7 Å². The number of aryl methyl sites for hydroxylation is 1. The molecule has 3 atom stereocenters. The minimum Gasteiger partial charge on any atom is -0.507 e. The molecular weight excluding hydrogens is 276 g/mol. The van der Waals surface area contributed by atoms with Gasteiger partial charge in [0.25, 0.3) is 0 Å². The summed E-state index contributed by atoms with van der Waals surface area (Å²) >= 11 is 0. The van der Waals surface area contributed by atoms with Gasteiger partial charge in [-0.3, -0.25) is 4.79 Å². The molecule has 1 aromatic carbocycles. The largest absolute Gasteiger partial charge is 0.507 e. The predicted molar refractivity (Wildman–Crippen MR) is 70.9 cm³/mol. The number of aromatic hydroxyl groups is 1. The van der Waals surface area contributed by atoms with Gasteiger partial charge in [-0.05, 0) is 24.6 Å². The number of phenolic OH excluding ortho intramolecular Hbond substituents is 1. The van der Waals surface area contributed by atoms with E-state index >= 15 is 0 Å². The molecule has 6 heteroatoms. The molecule has 1 aromatic rings. The lowest BCUT2D eigenvalue weighted by Crippen LogP contribution is -2.32. The second-order valence-electron chi connectivity index (χ2n) is 5.07. The molecule has 0 bridgehead atoms. The standard InChI is InChI=1S/C15H14O6/c1-7-3-2-4-9(17)11(7)15(19)20-10-5-8(6-16)12(18)14-13(10)21-14/h2-5,10,13-14,16-17H,6H2,1H3. The topological polar surface area (TPSA) is 96.4 Å². The van der Waals surface area contributed by atoms with E-state index in [1.165, 1.54) is 12.1 Å². The third kappa shape index (κ3) is 2.32. The van der Waals surface area contributed by atoms with Crippen LogP contribution in [0.2, 0.25) is 0 Å². The Bertz CT molecular complexity index is 627. The second-order valence-corrected chi connectivity index (χ2v) is 5.07. The molecule has 110 valence electrons. The summed E-state index contributed by atoms with van der Waals surface area (Å²) in [4.78, 5) is 23.9. The first-order valence-electron chi connectivity index (χ1n) is 6.53. The zero-order valence-electron chi connectivity index (χ0n) is 11.3. The van der Waals surface area contributed by atoms with Gasteiger partial charge in [0.2, 0.25) is 0 Å². The van der Waals surface area contributed by atoms with Crippen molar-refractivity contribution in [1.82, 2.24) is 0 Å². The zero-order valence-corrected chi connectivity index (χ0v) is 11.3. The molecule has 0 spiro atoms. The Labute approximate surface area is 120 Å². The van der Waals surface area contributed by atoms with Gasteiger partial charge in [0.1, 0.15) is 17.4 Å². The molecule has 0 amide bonds. The number of carbonyl (C=O) groups excluding carboxylic acids is 2. The number of fused-ring (bicyclic) bond motifs is 1. The third-order valence-electron chi connectivity index (χ3n) is 3.66. The molecule has 0 radical (unpaired) electrons. The van der Waals surface area contributed by atoms with Crippen LogP contribution in [0.4, 0.5) is 0 Å². The number of aliphatic hydroxyl groups is 1. The summed E-state index contributed by atoms with van der Waals surface area (Å²) in [5, 5.41) is 18.9. The quantitative estimate of drug-likeness (QED) is 0.621. The molecule has 3 rings (SSSR count). The highest BCUT2D eigenvalue weighted by Gasteiger charge is 2.54. The number of epoxide rings is 1. The van der Waals surface area contributed by atoms with Crippen LogP contribution in [0.5, 0.6) is 5.75 Å². The maximum atomic E-state index is 12.2. The van der Waals surface area contributed by atoms with Gasteiger partial charge in [0.15, 0.2) is 18.0 Å². The molecule has 1 aliphatic carbocycles. The highest BCUT2D eigenvalue weighted by molar-refractivity contribution is 6.02. The fraction of sp³-hybridized carbons (Fsp3) is 0.333. The number of aliphatic hydroxyl groups excluding tert-OH is 1. The average molecular weight is 290 g/mol. The Balaban J connectivity index is 1.82. The van der Waals surface area contributed by atoms with Gasteiger partial charge in [0.05, 0.1) is 6.61 Å². The lowest BCUT2D eigenvalue weighted by molar-refractivity contribution is -0.117. The van der Waals surface area contributed by atoms with Crippen molar-refractivity contribution in [3.63, 3.8) is 0 Å². The van der Waals surface area contributed by atoms with E-state index in [4.69, 9.17) is 14.6 Å². The summed E-state index contributed by atoms with van der Waals surface area (Å²) in [6.07, 6.45) is -0.464. The maximum Gasteiger partial charge on any atom is 0.342 e. The van der Waals surface area contributed by atoms with Gasteiger partial charge < -0.3 is 19.7 Å². The fourth-order valence-corrected chi connectivity index (χ4v) is 2.47. The molecule has 1 saturated heterocycles. The van der Waals surface area contributed by atoms with E-state index in [-0.39, 0.29) is 22.7 Å². The van der Waals surface area contributed by atoms with Crippen LogP contribution in [0.3, 0.4) is 0 Å². The Hall–Kier alpha value is -2.18. The summed E-state index contributed by atoms with van der Waals surface area (Å²) in [5.41, 5.74) is 0.859. The number of ether oxygens (including phenoxy) is 2. The van der Waals surface area contributed by atoms with Crippen LogP contribution >= 0.6 is 0 Å². The van der Waals surface area contributed by atoms with Crippen molar-refractivity contribution in [2.75, 3.05) is 6.61 Å². The van der Waals surface area contributed by atoms with Crippen molar-refractivity contribution in [3.8, 4) is 5.75 Å². The Kier molecular flexibility index (Phi) is 3.27. The smallest absolute Gasteiger partial charge is 0.342 e. The molecule has 1 fully saturated rings. The van der Waals surface area contributed by atoms with Crippen molar-refractivity contribution in [1.29, 1.82) is 0 Å². The number of benzene rings is 1. The highest BCUT2D eigenvalue weighted by atomic mass is 16.6. The first-order valence-corrected chi connectivity index (χ1v) is 6.53. The minimum absolute atomic E-state index is 0.0885. The first kappa shape index (κ1) is 13.8. The molecule has 0 aromatic heterocycles. The van der Waals surface area contributed by atoms with Gasteiger partial charge in [-0.1, -0.05) is 12.1 Å². The summed E-state index contributed by atoms with van der Waals surface area (Å²) in [6, 6.07) is 4.72. The molecule has 6 nitrogen and oxygen atoms in total. The maximum absolute atomic E-state index is 12.2. The number of esters is 1. The van der Waals surface area contributed by atoms with Gasteiger partial charge >= 0.3 is 5.97 Å². The van der Waals surface area contributed by atoms with Crippen molar-refractivity contribution in [2.45, 2.75) is 25.2 Å². The van der Waals surface area contributed by atoms with E-state index in [2.05, 4.69) is 0 Å². The third-order valence-corrected chi connectivity index (χ3v) is 3.66. The molecule has 21 heavy (non-hydrogen) atoms. The lowest BCUT2D eigenvalue weighted by Gasteiger charge is -2.17. The Morgan fingerprint density at radius 3 is 2.86 bits per heavy atom. The number of hydrogen-bond acceptors (Lipinski definition) is 6. The number of phenols is 1. The molecule has 0 saturated carbocycles. The van der Waals surface area contributed by atoms with E-state index in [0.717, 1.165) is 0 Å². The Morgan fingerprint density at radius 2 is 2.19 bits per heavy atom. The molecule has 1 aliphatic heterocycles. The molecule has 1 heterocycles. The second kappa shape index (κ2) is 4.98. The van der Waals surface area contributed by atoms with Crippen molar-refractivity contribution < 1.29 is 29.3 Å².